The Balaban J connectivity index is 2.73. The first-order chi connectivity index (χ1) is 8.65. The second-order valence-corrected chi connectivity index (χ2v) is 3.80. The minimum atomic E-state index is -0.614. The van der Waals surface area contributed by atoms with Gasteiger partial charge in [0.25, 0.3) is 5.91 Å². The normalized spacial score (nSPS) is 10.1. The molecule has 2 aromatic rings. The van der Waals surface area contributed by atoms with Gasteiger partial charge >= 0.3 is 0 Å². The number of nitrogens with zero attached hydrogens (tertiary/aromatic N) is 2. The summed E-state index contributed by atoms with van der Waals surface area (Å²) in [4.78, 5) is 19.4. The maximum absolute atomic E-state index is 11.3. The molecule has 92 valence electrons. The first-order valence-electron chi connectivity index (χ1n) is 5.39. The van der Waals surface area contributed by atoms with E-state index in [9.17, 15) is 4.79 Å². The Labute approximate surface area is 105 Å². The van der Waals surface area contributed by atoms with E-state index in [0.29, 0.717) is 5.75 Å². The van der Waals surface area contributed by atoms with Crippen LogP contribution in [0.15, 0.2) is 30.7 Å². The number of aromatic nitrogens is 2. The fraction of sp³-hybridized carbons (Fsp3) is 0.154. The van der Waals surface area contributed by atoms with Gasteiger partial charge in [-0.15, -0.1) is 0 Å². The van der Waals surface area contributed by atoms with Crippen molar-refractivity contribution in [1.82, 2.24) is 9.97 Å². The second kappa shape index (κ2) is 4.83. The van der Waals surface area contributed by atoms with Gasteiger partial charge in [-0.1, -0.05) is 6.07 Å². The Morgan fingerprint density at radius 3 is 2.72 bits per heavy atom. The molecule has 2 N–H and O–H groups in total. The summed E-state index contributed by atoms with van der Waals surface area (Å²) in [5, 5.41) is 0. The van der Waals surface area contributed by atoms with Crippen LogP contribution in [0.2, 0.25) is 0 Å². The number of carbonyl (C=O) groups excluding carboxylic acids is 1. The summed E-state index contributed by atoms with van der Waals surface area (Å²) in [5.41, 5.74) is 7.95. The van der Waals surface area contributed by atoms with Crippen LogP contribution in [0.25, 0.3) is 11.1 Å². The lowest BCUT2D eigenvalue weighted by Crippen LogP contribution is -2.15. The Hall–Kier alpha value is -2.43. The number of rotatable bonds is 3. The molecule has 0 bridgehead atoms. The van der Waals surface area contributed by atoms with Crippen molar-refractivity contribution in [2.45, 2.75) is 6.92 Å². The summed E-state index contributed by atoms with van der Waals surface area (Å²) in [6, 6.07) is 3.71. The highest BCUT2D eigenvalue weighted by Gasteiger charge is 2.18. The summed E-state index contributed by atoms with van der Waals surface area (Å²) in [6.45, 7) is 1.89. The smallest absolute Gasteiger partial charge is 0.271 e. The van der Waals surface area contributed by atoms with Crippen LogP contribution in [-0.2, 0) is 0 Å². The first-order valence-corrected chi connectivity index (χ1v) is 5.39. The van der Waals surface area contributed by atoms with E-state index in [0.717, 1.165) is 16.7 Å². The van der Waals surface area contributed by atoms with Gasteiger partial charge in [-0.25, -0.2) is 4.98 Å². The van der Waals surface area contributed by atoms with Gasteiger partial charge < -0.3 is 10.5 Å². The lowest BCUT2D eigenvalue weighted by molar-refractivity contribution is 0.0992. The fourth-order valence-electron chi connectivity index (χ4n) is 1.83. The average Bonchev–Trinajstić information content (AvgIpc) is 2.38. The van der Waals surface area contributed by atoms with Crippen LogP contribution in [-0.4, -0.2) is 23.0 Å². The number of hydrogen-bond donors (Lipinski definition) is 1. The number of primary amides is 1. The first kappa shape index (κ1) is 12.0. The van der Waals surface area contributed by atoms with Crippen molar-refractivity contribution >= 4 is 5.91 Å². The molecule has 18 heavy (non-hydrogen) atoms. The SMILES string of the molecule is COc1c(C(N)=O)ncc(C)c1-c1cccnc1. The summed E-state index contributed by atoms with van der Waals surface area (Å²) in [5.74, 6) is -0.229. The van der Waals surface area contributed by atoms with Crippen LogP contribution in [0.1, 0.15) is 16.1 Å². The van der Waals surface area contributed by atoms with Crippen LogP contribution in [0, 0.1) is 6.92 Å². The molecular formula is C13H13N3O2. The summed E-state index contributed by atoms with van der Waals surface area (Å²) in [7, 11) is 1.49. The number of nitrogens with two attached hydrogens (primary N) is 1. The highest BCUT2D eigenvalue weighted by Crippen LogP contribution is 2.34. The van der Waals surface area contributed by atoms with Gasteiger partial charge in [0, 0.05) is 29.7 Å². The zero-order valence-electron chi connectivity index (χ0n) is 10.2. The average molecular weight is 243 g/mol. The van der Waals surface area contributed by atoms with E-state index < -0.39 is 5.91 Å². The molecule has 0 aliphatic heterocycles. The van der Waals surface area contributed by atoms with Gasteiger partial charge in [-0.05, 0) is 18.6 Å². The molecule has 0 spiro atoms. The fourth-order valence-corrected chi connectivity index (χ4v) is 1.83. The number of ether oxygens (including phenoxy) is 1. The summed E-state index contributed by atoms with van der Waals surface area (Å²) in [6.07, 6.45) is 4.99. The minimum absolute atomic E-state index is 0.127. The molecule has 2 heterocycles. The molecule has 1 amide bonds. The predicted octanol–water partition coefficient (Wildman–Crippen LogP) is 1.56. The zero-order valence-corrected chi connectivity index (χ0v) is 10.2. The van der Waals surface area contributed by atoms with Gasteiger partial charge in [0.1, 0.15) is 0 Å². The van der Waals surface area contributed by atoms with Crippen molar-refractivity contribution < 1.29 is 9.53 Å². The van der Waals surface area contributed by atoms with Crippen LogP contribution < -0.4 is 10.5 Å². The highest BCUT2D eigenvalue weighted by molar-refractivity contribution is 5.96. The Kier molecular flexibility index (Phi) is 3.23. The van der Waals surface area contributed by atoms with E-state index in [2.05, 4.69) is 9.97 Å². The minimum Gasteiger partial charge on any atom is -0.494 e. The molecule has 0 unspecified atom stereocenters. The molecule has 5 nitrogen and oxygen atoms in total. The second-order valence-electron chi connectivity index (χ2n) is 3.80. The lowest BCUT2D eigenvalue weighted by Gasteiger charge is -2.13. The van der Waals surface area contributed by atoms with Crippen LogP contribution in [0.5, 0.6) is 5.75 Å². The topological polar surface area (TPSA) is 78.1 Å². The molecule has 2 rings (SSSR count). The monoisotopic (exact) mass is 243 g/mol. The van der Waals surface area contributed by atoms with Gasteiger partial charge in [-0.3, -0.25) is 9.78 Å². The van der Waals surface area contributed by atoms with Gasteiger partial charge in [-0.2, -0.15) is 0 Å². The zero-order chi connectivity index (χ0) is 13.1. The number of pyridine rings is 2. The molecule has 0 aliphatic rings. The van der Waals surface area contributed by atoms with E-state index in [1.807, 2.05) is 19.1 Å². The predicted molar refractivity (Wildman–Crippen MR) is 67.3 cm³/mol. The maximum atomic E-state index is 11.3. The summed E-state index contributed by atoms with van der Waals surface area (Å²) >= 11 is 0. The molecule has 0 radical (unpaired) electrons. The van der Waals surface area contributed by atoms with Crippen LogP contribution in [0.4, 0.5) is 0 Å². The maximum Gasteiger partial charge on any atom is 0.271 e. The van der Waals surface area contributed by atoms with Crippen molar-refractivity contribution in [3.63, 3.8) is 0 Å². The van der Waals surface area contributed by atoms with Crippen LogP contribution in [0.3, 0.4) is 0 Å². The molecule has 0 saturated carbocycles. The van der Waals surface area contributed by atoms with Gasteiger partial charge in [0.15, 0.2) is 11.4 Å². The molecule has 5 heteroatoms. The number of amides is 1. The Morgan fingerprint density at radius 1 is 1.39 bits per heavy atom. The molecule has 0 atom stereocenters. The van der Waals surface area contributed by atoms with Crippen molar-refractivity contribution in [3.8, 4) is 16.9 Å². The van der Waals surface area contributed by atoms with Crippen molar-refractivity contribution in [1.29, 1.82) is 0 Å². The standard InChI is InChI=1S/C13H13N3O2/c1-8-6-16-11(13(14)17)12(18-2)10(8)9-4-3-5-15-7-9/h3-7H,1-2H3,(H2,14,17). The number of aryl methyl sites for hydroxylation is 1. The largest absolute Gasteiger partial charge is 0.494 e. The molecule has 0 fully saturated rings. The van der Waals surface area contributed by atoms with Crippen LogP contribution >= 0.6 is 0 Å². The van der Waals surface area contributed by atoms with Crippen molar-refractivity contribution in [2.24, 2.45) is 5.73 Å². The van der Waals surface area contributed by atoms with E-state index in [-0.39, 0.29) is 5.69 Å². The summed E-state index contributed by atoms with van der Waals surface area (Å²) < 4.78 is 5.28. The highest BCUT2D eigenvalue weighted by atomic mass is 16.5. The van der Waals surface area contributed by atoms with E-state index in [1.54, 1.807) is 18.6 Å². The lowest BCUT2D eigenvalue weighted by atomic mass is 10.0. The molecular weight excluding hydrogens is 230 g/mol. The molecule has 2 aromatic heterocycles. The van der Waals surface area contributed by atoms with Gasteiger partial charge in [0.2, 0.25) is 0 Å². The quantitative estimate of drug-likeness (QED) is 0.887. The Morgan fingerprint density at radius 2 is 2.17 bits per heavy atom. The number of methoxy groups -OCH3 is 1. The third kappa shape index (κ3) is 2.02. The third-order valence-corrected chi connectivity index (χ3v) is 2.61. The molecule has 0 saturated heterocycles. The van der Waals surface area contributed by atoms with Gasteiger partial charge in [0.05, 0.1) is 7.11 Å². The van der Waals surface area contributed by atoms with E-state index in [1.165, 1.54) is 7.11 Å². The molecule has 0 aliphatic carbocycles. The third-order valence-electron chi connectivity index (χ3n) is 2.61. The van der Waals surface area contributed by atoms with E-state index in [4.69, 9.17) is 10.5 Å². The van der Waals surface area contributed by atoms with Crippen molar-refractivity contribution in [3.05, 3.63) is 42.0 Å². The van der Waals surface area contributed by atoms with E-state index >= 15 is 0 Å². The molecule has 0 aromatic carbocycles. The van der Waals surface area contributed by atoms with Crippen molar-refractivity contribution in [2.75, 3.05) is 7.11 Å². The number of carbonyl (C=O) groups is 1. The Bertz CT molecular complexity index is 582. The number of hydrogen-bond acceptors (Lipinski definition) is 4.